The highest BCUT2D eigenvalue weighted by molar-refractivity contribution is 8.04. The van der Waals surface area contributed by atoms with Gasteiger partial charge in [-0.1, -0.05) is 23.4 Å². The third kappa shape index (κ3) is 5.22. The molecule has 1 unspecified atom stereocenters. The molecule has 0 radical (unpaired) electrons. The smallest absolute Gasteiger partial charge is 0.333 e. The number of esters is 1. The van der Waals surface area contributed by atoms with Crippen molar-refractivity contribution in [3.05, 3.63) is 34.3 Å². The van der Waals surface area contributed by atoms with E-state index < -0.39 is 27.1 Å². The summed E-state index contributed by atoms with van der Waals surface area (Å²) < 4.78 is 31.5. The Morgan fingerprint density at radius 2 is 2.00 bits per heavy atom. The predicted octanol–water partition coefficient (Wildman–Crippen LogP) is 2.04. The van der Waals surface area contributed by atoms with E-state index in [0.29, 0.717) is 18.1 Å². The van der Waals surface area contributed by atoms with Crippen LogP contribution in [-0.4, -0.2) is 67.4 Å². The van der Waals surface area contributed by atoms with Crippen LogP contribution >= 0.6 is 23.4 Å². The zero-order valence-corrected chi connectivity index (χ0v) is 19.3. The molecule has 3 rings (SSSR count). The fraction of sp³-hybridized carbons (Fsp3) is 0.421. The van der Waals surface area contributed by atoms with Crippen molar-refractivity contribution in [3.63, 3.8) is 0 Å². The SMILES string of the molecule is COC(=O)/C=C1\SC(C)C(=O)N1CC(=O)Nc1cc(S(=O)(=O)N2CCCC2)ccc1Cl. The summed E-state index contributed by atoms with van der Waals surface area (Å²) in [5, 5.41) is 2.57. The van der Waals surface area contributed by atoms with Crippen LogP contribution in [0.15, 0.2) is 34.2 Å². The molecule has 1 atom stereocenters. The van der Waals surface area contributed by atoms with Crippen LogP contribution in [0.1, 0.15) is 19.8 Å². The number of anilines is 1. The summed E-state index contributed by atoms with van der Waals surface area (Å²) in [6.45, 7) is 2.21. The van der Waals surface area contributed by atoms with Crippen LogP contribution in [0.25, 0.3) is 0 Å². The van der Waals surface area contributed by atoms with Gasteiger partial charge in [0, 0.05) is 13.1 Å². The van der Waals surface area contributed by atoms with Crippen LogP contribution in [0.3, 0.4) is 0 Å². The second kappa shape index (κ2) is 9.60. The molecule has 168 valence electrons. The lowest BCUT2D eigenvalue weighted by Gasteiger charge is -2.18. The number of carbonyl (C=O) groups is 3. The number of carbonyl (C=O) groups excluding carboxylic acids is 3. The number of benzene rings is 1. The van der Waals surface area contributed by atoms with Crippen molar-refractivity contribution in [1.29, 1.82) is 0 Å². The molecule has 1 N–H and O–H groups in total. The summed E-state index contributed by atoms with van der Waals surface area (Å²) in [7, 11) is -2.47. The van der Waals surface area contributed by atoms with Crippen molar-refractivity contribution >= 4 is 56.9 Å². The highest BCUT2D eigenvalue weighted by Crippen LogP contribution is 2.35. The lowest BCUT2D eigenvalue weighted by Crippen LogP contribution is -2.35. The number of rotatable bonds is 6. The van der Waals surface area contributed by atoms with Crippen LogP contribution in [0.5, 0.6) is 0 Å². The number of thioether (sulfide) groups is 1. The van der Waals surface area contributed by atoms with Gasteiger partial charge in [0.05, 0.1) is 39.1 Å². The molecular weight excluding hydrogens is 466 g/mol. The van der Waals surface area contributed by atoms with E-state index in [1.165, 1.54) is 34.5 Å². The zero-order valence-electron chi connectivity index (χ0n) is 17.0. The minimum Gasteiger partial charge on any atom is -0.466 e. The number of ether oxygens (including phenoxy) is 1. The van der Waals surface area contributed by atoms with E-state index >= 15 is 0 Å². The molecule has 9 nitrogen and oxygen atoms in total. The van der Waals surface area contributed by atoms with Gasteiger partial charge in [-0.05, 0) is 38.0 Å². The maximum Gasteiger partial charge on any atom is 0.333 e. The number of amides is 2. The van der Waals surface area contributed by atoms with Gasteiger partial charge in [-0.3, -0.25) is 14.5 Å². The van der Waals surface area contributed by atoms with Crippen LogP contribution in [0.4, 0.5) is 5.69 Å². The van der Waals surface area contributed by atoms with E-state index in [1.54, 1.807) is 6.92 Å². The molecule has 2 amide bonds. The molecule has 2 aliphatic heterocycles. The molecule has 2 heterocycles. The molecule has 0 saturated carbocycles. The molecule has 1 aromatic carbocycles. The Kier molecular flexibility index (Phi) is 7.30. The lowest BCUT2D eigenvalue weighted by atomic mass is 10.3. The predicted molar refractivity (Wildman–Crippen MR) is 117 cm³/mol. The largest absolute Gasteiger partial charge is 0.466 e. The third-order valence-electron chi connectivity index (χ3n) is 4.84. The molecule has 1 aromatic rings. The molecule has 2 fully saturated rings. The molecule has 12 heteroatoms. The third-order valence-corrected chi connectivity index (χ3v) is 8.20. The van der Waals surface area contributed by atoms with Crippen LogP contribution < -0.4 is 5.32 Å². The number of halogens is 1. The second-order valence-corrected chi connectivity index (χ2v) is 10.7. The average Bonchev–Trinajstić information content (AvgIpc) is 3.35. The van der Waals surface area contributed by atoms with Gasteiger partial charge in [0.2, 0.25) is 21.8 Å². The summed E-state index contributed by atoms with van der Waals surface area (Å²) in [6.07, 6.45) is 2.76. The fourth-order valence-corrected chi connectivity index (χ4v) is 5.97. The normalized spacial score (nSPS) is 21.0. The van der Waals surface area contributed by atoms with Crippen LogP contribution in [0, 0.1) is 0 Å². The first-order chi connectivity index (χ1) is 14.6. The van der Waals surface area contributed by atoms with Gasteiger partial charge in [-0.15, -0.1) is 0 Å². The first-order valence-corrected chi connectivity index (χ1v) is 12.2. The number of methoxy groups -OCH3 is 1. The zero-order chi connectivity index (χ0) is 22.8. The minimum atomic E-state index is -3.68. The van der Waals surface area contributed by atoms with Crippen LogP contribution in [0.2, 0.25) is 5.02 Å². The fourth-order valence-electron chi connectivity index (χ4n) is 3.22. The van der Waals surface area contributed by atoms with Gasteiger partial charge in [-0.25, -0.2) is 13.2 Å². The van der Waals surface area contributed by atoms with Gasteiger partial charge in [0.1, 0.15) is 6.54 Å². The van der Waals surface area contributed by atoms with Crippen molar-refractivity contribution in [2.45, 2.75) is 29.9 Å². The standard InChI is InChI=1S/C19H22ClN3O6S2/c1-12-19(26)23(17(30-12)10-18(25)29-2)11-16(24)21-15-9-13(5-6-14(15)20)31(27,28)22-7-3-4-8-22/h5-6,9-10,12H,3-4,7-8,11H2,1-2H3,(H,21,24)/b17-10-. The van der Waals surface area contributed by atoms with E-state index in [1.807, 2.05) is 0 Å². The Bertz CT molecular complexity index is 1040. The van der Waals surface area contributed by atoms with Crippen molar-refractivity contribution in [3.8, 4) is 0 Å². The molecule has 31 heavy (non-hydrogen) atoms. The van der Waals surface area contributed by atoms with E-state index in [-0.39, 0.29) is 28.1 Å². The molecule has 2 aliphatic rings. The maximum absolute atomic E-state index is 12.8. The topological polar surface area (TPSA) is 113 Å². The summed E-state index contributed by atoms with van der Waals surface area (Å²) >= 11 is 7.30. The molecule has 0 bridgehead atoms. The lowest BCUT2D eigenvalue weighted by molar-refractivity contribution is -0.135. The first kappa shape index (κ1) is 23.6. The molecule has 0 aliphatic carbocycles. The highest BCUT2D eigenvalue weighted by Gasteiger charge is 2.35. The first-order valence-electron chi connectivity index (χ1n) is 9.50. The Hall–Kier alpha value is -2.08. The van der Waals surface area contributed by atoms with Crippen molar-refractivity contribution in [2.24, 2.45) is 0 Å². The van der Waals surface area contributed by atoms with Gasteiger partial charge in [0.25, 0.3) is 0 Å². The minimum absolute atomic E-state index is 0.0294. The van der Waals surface area contributed by atoms with Crippen molar-refractivity contribution < 1.29 is 27.5 Å². The van der Waals surface area contributed by atoms with Gasteiger partial charge in [0.15, 0.2) is 0 Å². The molecule has 0 aromatic heterocycles. The summed E-state index contributed by atoms with van der Waals surface area (Å²) in [4.78, 5) is 37.8. The van der Waals surface area contributed by atoms with Crippen molar-refractivity contribution in [1.82, 2.24) is 9.21 Å². The summed E-state index contributed by atoms with van der Waals surface area (Å²) in [6, 6.07) is 4.11. The Morgan fingerprint density at radius 1 is 1.32 bits per heavy atom. The number of hydrogen-bond acceptors (Lipinski definition) is 7. The van der Waals surface area contributed by atoms with E-state index in [2.05, 4.69) is 10.1 Å². The number of hydrogen-bond donors (Lipinski definition) is 1. The average molecular weight is 488 g/mol. The Morgan fingerprint density at radius 3 is 2.65 bits per heavy atom. The van der Waals surface area contributed by atoms with E-state index in [0.717, 1.165) is 30.7 Å². The van der Waals surface area contributed by atoms with Gasteiger partial charge < -0.3 is 10.1 Å². The number of nitrogens with one attached hydrogen (secondary N) is 1. The Balaban J connectivity index is 1.78. The van der Waals surface area contributed by atoms with Crippen LogP contribution in [-0.2, 0) is 29.1 Å². The van der Waals surface area contributed by atoms with Gasteiger partial charge in [-0.2, -0.15) is 4.31 Å². The molecule has 2 saturated heterocycles. The van der Waals surface area contributed by atoms with Crippen molar-refractivity contribution in [2.75, 3.05) is 32.1 Å². The Labute approximate surface area is 189 Å². The summed E-state index contributed by atoms with van der Waals surface area (Å²) in [5.74, 6) is -1.55. The highest BCUT2D eigenvalue weighted by atomic mass is 35.5. The number of nitrogens with zero attached hydrogens (tertiary/aromatic N) is 2. The van der Waals surface area contributed by atoms with E-state index in [9.17, 15) is 22.8 Å². The second-order valence-electron chi connectivity index (χ2n) is 6.99. The van der Waals surface area contributed by atoms with E-state index in [4.69, 9.17) is 11.6 Å². The molecular formula is C19H22ClN3O6S2. The number of sulfonamides is 1. The molecule has 0 spiro atoms. The monoisotopic (exact) mass is 487 g/mol. The maximum atomic E-state index is 12.8. The van der Waals surface area contributed by atoms with Gasteiger partial charge >= 0.3 is 5.97 Å². The quantitative estimate of drug-likeness (QED) is 0.482. The summed E-state index contributed by atoms with van der Waals surface area (Å²) in [5.41, 5.74) is 0.123.